The second-order valence-electron chi connectivity index (χ2n) is 12.1. The van der Waals surface area contributed by atoms with E-state index in [9.17, 15) is 14.7 Å². The average Bonchev–Trinajstić information content (AvgIpc) is 3.24. The summed E-state index contributed by atoms with van der Waals surface area (Å²) in [6, 6.07) is 22.6. The molecular weight excluding hydrogens is 528 g/mol. The lowest BCUT2D eigenvalue weighted by Crippen LogP contribution is -2.42. The van der Waals surface area contributed by atoms with E-state index in [1.54, 1.807) is 17.0 Å². The summed E-state index contributed by atoms with van der Waals surface area (Å²) in [5.74, 6) is -0.759. The highest BCUT2D eigenvalue weighted by Gasteiger charge is 2.46. The van der Waals surface area contributed by atoms with E-state index >= 15 is 0 Å². The van der Waals surface area contributed by atoms with Crippen molar-refractivity contribution in [3.8, 4) is 5.75 Å². The molecule has 7 nitrogen and oxygen atoms in total. The van der Waals surface area contributed by atoms with Gasteiger partial charge in [0.05, 0.1) is 24.8 Å². The van der Waals surface area contributed by atoms with Gasteiger partial charge < -0.3 is 19.5 Å². The zero-order valence-corrected chi connectivity index (χ0v) is 24.9. The SMILES string of the molecule is Cc1cc(OCc2ccccc2)ccc1C(O)=C1C(=O)C(=O)N(CCN2CCOCC2)[C@@H]1c1ccc(C(C)(C)C)cc1. The second-order valence-corrected chi connectivity index (χ2v) is 12.1. The Balaban J connectivity index is 1.48. The number of ether oxygens (including phenoxy) is 2. The molecule has 0 saturated carbocycles. The molecule has 0 aliphatic carbocycles. The molecule has 2 heterocycles. The van der Waals surface area contributed by atoms with Crippen LogP contribution in [0.1, 0.15) is 54.6 Å². The zero-order valence-electron chi connectivity index (χ0n) is 24.9. The van der Waals surface area contributed by atoms with Gasteiger partial charge in [-0.2, -0.15) is 0 Å². The van der Waals surface area contributed by atoms with Crippen LogP contribution in [0, 0.1) is 6.92 Å². The number of benzene rings is 3. The van der Waals surface area contributed by atoms with E-state index in [2.05, 4.69) is 25.7 Å². The fourth-order valence-corrected chi connectivity index (χ4v) is 5.57. The standard InChI is InChI=1S/C35H40N2O5/c1-24-22-28(42-23-25-8-6-5-7-9-25)14-15-29(24)32(38)30-31(26-10-12-27(13-11-26)35(2,3)4)37(34(40)33(30)39)17-16-36-18-20-41-21-19-36/h5-15,22,31,38H,16-21,23H2,1-4H3/t31-/m1/s1. The van der Waals surface area contributed by atoms with Crippen LogP contribution in [-0.2, 0) is 26.3 Å². The Bertz CT molecular complexity index is 1450. The number of ketones is 1. The third kappa shape index (κ3) is 6.42. The molecule has 0 radical (unpaired) electrons. The van der Waals surface area contributed by atoms with E-state index in [-0.39, 0.29) is 16.7 Å². The minimum atomic E-state index is -0.687. The van der Waals surface area contributed by atoms with Crippen molar-refractivity contribution in [3.63, 3.8) is 0 Å². The van der Waals surface area contributed by atoms with Gasteiger partial charge in [0.2, 0.25) is 0 Å². The summed E-state index contributed by atoms with van der Waals surface area (Å²) in [5.41, 5.74) is 4.33. The van der Waals surface area contributed by atoms with Crippen LogP contribution in [0.25, 0.3) is 5.76 Å². The maximum atomic E-state index is 13.6. The van der Waals surface area contributed by atoms with E-state index in [0.29, 0.717) is 44.2 Å². The van der Waals surface area contributed by atoms with Gasteiger partial charge in [-0.15, -0.1) is 0 Å². The fourth-order valence-electron chi connectivity index (χ4n) is 5.57. The molecule has 0 aromatic heterocycles. The molecule has 220 valence electrons. The molecule has 3 aromatic rings. The van der Waals surface area contributed by atoms with Crippen LogP contribution in [0.4, 0.5) is 0 Å². The molecular formula is C35H40N2O5. The molecule has 2 aliphatic heterocycles. The highest BCUT2D eigenvalue weighted by molar-refractivity contribution is 6.46. The van der Waals surface area contributed by atoms with Gasteiger partial charge in [-0.25, -0.2) is 0 Å². The van der Waals surface area contributed by atoms with Gasteiger partial charge in [-0.1, -0.05) is 75.4 Å². The van der Waals surface area contributed by atoms with Crippen LogP contribution in [0.5, 0.6) is 5.75 Å². The maximum absolute atomic E-state index is 13.6. The highest BCUT2D eigenvalue weighted by atomic mass is 16.5. The molecule has 0 unspecified atom stereocenters. The van der Waals surface area contributed by atoms with Crippen molar-refractivity contribution in [2.45, 2.75) is 45.8 Å². The maximum Gasteiger partial charge on any atom is 0.295 e. The monoisotopic (exact) mass is 568 g/mol. The predicted molar refractivity (Wildman–Crippen MR) is 163 cm³/mol. The number of Topliss-reactive ketones (excluding diaryl/α,β-unsaturated/α-hetero) is 1. The van der Waals surface area contributed by atoms with Crippen LogP contribution in [0.15, 0.2) is 78.4 Å². The Morgan fingerprint density at radius 1 is 0.952 bits per heavy atom. The van der Waals surface area contributed by atoms with Crippen molar-refractivity contribution in [1.29, 1.82) is 0 Å². The number of likely N-dealkylation sites (tertiary alicyclic amines) is 1. The minimum Gasteiger partial charge on any atom is -0.507 e. The number of aliphatic hydroxyl groups excluding tert-OH is 1. The number of carbonyl (C=O) groups excluding carboxylic acids is 2. The normalized spacial score (nSPS) is 19.3. The highest BCUT2D eigenvalue weighted by Crippen LogP contribution is 2.40. The van der Waals surface area contributed by atoms with Crippen LogP contribution in [-0.4, -0.2) is 66.0 Å². The summed E-state index contributed by atoms with van der Waals surface area (Å²) in [7, 11) is 0. The smallest absolute Gasteiger partial charge is 0.295 e. The number of hydrogen-bond donors (Lipinski definition) is 1. The first-order valence-corrected chi connectivity index (χ1v) is 14.6. The molecule has 1 N–H and O–H groups in total. The van der Waals surface area contributed by atoms with Crippen molar-refractivity contribution in [3.05, 3.63) is 106 Å². The summed E-state index contributed by atoms with van der Waals surface area (Å²) in [4.78, 5) is 30.9. The van der Waals surface area contributed by atoms with Gasteiger partial charge >= 0.3 is 0 Å². The Morgan fingerprint density at radius 2 is 1.64 bits per heavy atom. The molecule has 2 aliphatic rings. The first kappa shape index (κ1) is 29.5. The zero-order chi connectivity index (χ0) is 29.9. The number of carbonyl (C=O) groups is 2. The lowest BCUT2D eigenvalue weighted by molar-refractivity contribution is -0.140. The Hall–Kier alpha value is -3.94. The number of hydrogen-bond acceptors (Lipinski definition) is 6. The Labute approximate surface area is 248 Å². The quantitative estimate of drug-likeness (QED) is 0.216. The molecule has 2 saturated heterocycles. The summed E-state index contributed by atoms with van der Waals surface area (Å²) < 4.78 is 11.4. The first-order valence-electron chi connectivity index (χ1n) is 14.6. The lowest BCUT2D eigenvalue weighted by atomic mass is 9.85. The van der Waals surface area contributed by atoms with E-state index in [1.807, 2.05) is 67.6 Å². The van der Waals surface area contributed by atoms with Crippen molar-refractivity contribution in [1.82, 2.24) is 9.80 Å². The number of amides is 1. The van der Waals surface area contributed by atoms with E-state index in [4.69, 9.17) is 9.47 Å². The van der Waals surface area contributed by atoms with Crippen molar-refractivity contribution in [2.75, 3.05) is 39.4 Å². The number of aliphatic hydroxyl groups is 1. The first-order chi connectivity index (χ1) is 20.1. The van der Waals surface area contributed by atoms with Gasteiger partial charge in [0.15, 0.2) is 0 Å². The topological polar surface area (TPSA) is 79.3 Å². The number of morpholine rings is 1. The van der Waals surface area contributed by atoms with Crippen LogP contribution >= 0.6 is 0 Å². The molecule has 0 bridgehead atoms. The fraction of sp³-hybridized carbons (Fsp3) is 0.371. The Kier molecular flexibility index (Phi) is 8.80. The lowest BCUT2D eigenvalue weighted by Gasteiger charge is -2.31. The van der Waals surface area contributed by atoms with Crippen molar-refractivity contribution < 1.29 is 24.2 Å². The van der Waals surface area contributed by atoms with Crippen LogP contribution in [0.3, 0.4) is 0 Å². The molecule has 3 aromatic carbocycles. The summed E-state index contributed by atoms with van der Waals surface area (Å²) in [6.45, 7) is 12.6. The number of nitrogens with zero attached hydrogens (tertiary/aromatic N) is 2. The van der Waals surface area contributed by atoms with Gasteiger partial charge in [0, 0.05) is 31.7 Å². The van der Waals surface area contributed by atoms with E-state index in [1.165, 1.54) is 0 Å². The molecule has 1 atom stereocenters. The van der Waals surface area contributed by atoms with Gasteiger partial charge in [-0.3, -0.25) is 14.5 Å². The molecule has 1 amide bonds. The number of rotatable bonds is 8. The van der Waals surface area contributed by atoms with E-state index in [0.717, 1.165) is 35.3 Å². The van der Waals surface area contributed by atoms with Crippen molar-refractivity contribution >= 4 is 17.4 Å². The largest absolute Gasteiger partial charge is 0.507 e. The van der Waals surface area contributed by atoms with Crippen LogP contribution in [0.2, 0.25) is 0 Å². The van der Waals surface area contributed by atoms with E-state index < -0.39 is 17.7 Å². The molecule has 2 fully saturated rings. The molecule has 7 heteroatoms. The molecule has 42 heavy (non-hydrogen) atoms. The van der Waals surface area contributed by atoms with Gasteiger partial charge in [-0.05, 0) is 52.8 Å². The van der Waals surface area contributed by atoms with Gasteiger partial charge in [0.25, 0.3) is 11.7 Å². The third-order valence-electron chi connectivity index (χ3n) is 8.09. The molecule has 5 rings (SSSR count). The second kappa shape index (κ2) is 12.5. The summed E-state index contributed by atoms with van der Waals surface area (Å²) >= 11 is 0. The van der Waals surface area contributed by atoms with Crippen LogP contribution < -0.4 is 4.74 Å². The summed E-state index contributed by atoms with van der Waals surface area (Å²) in [6.07, 6.45) is 0. The third-order valence-corrected chi connectivity index (χ3v) is 8.09. The Morgan fingerprint density at radius 3 is 2.29 bits per heavy atom. The number of aryl methyl sites for hydroxylation is 1. The minimum absolute atomic E-state index is 0.0435. The molecule has 0 spiro atoms. The average molecular weight is 569 g/mol. The summed E-state index contributed by atoms with van der Waals surface area (Å²) in [5, 5.41) is 11.7. The van der Waals surface area contributed by atoms with Gasteiger partial charge in [0.1, 0.15) is 18.1 Å². The van der Waals surface area contributed by atoms with Crippen molar-refractivity contribution in [2.24, 2.45) is 0 Å². The predicted octanol–water partition coefficient (Wildman–Crippen LogP) is 5.63.